The van der Waals surface area contributed by atoms with Crippen LogP contribution in [-0.2, 0) is 49.4 Å². The summed E-state index contributed by atoms with van der Waals surface area (Å²) >= 11 is 2.20. The standard InChI is InChI=1S/C40H40N2O12S2/c1-6-32(44)50-22-40(3,4)23-51-34(46)18-17-33(45)49-20-19-25-7-13-28(14-8-25)53-37(47)26-9-11-27(12-10-26)38(48)54-31-16-15-30(52-24(2)43)35-36(31)56-39(55-35)29(21-41)42-5/h6-8,13-16,26-27H,1,9-12,17-20,22-23H2,2-4H3/b39-29-. The first-order valence-corrected chi connectivity index (χ1v) is 19.2. The fourth-order valence-corrected chi connectivity index (χ4v) is 7.88. The molecule has 294 valence electrons. The van der Waals surface area contributed by atoms with Crippen molar-refractivity contribution >= 4 is 59.3 Å². The van der Waals surface area contributed by atoms with Gasteiger partial charge in [-0.1, -0.05) is 56.1 Å². The van der Waals surface area contributed by atoms with Gasteiger partial charge in [-0.15, -0.1) is 0 Å². The van der Waals surface area contributed by atoms with Crippen molar-refractivity contribution in [1.29, 1.82) is 5.26 Å². The van der Waals surface area contributed by atoms with Crippen molar-refractivity contribution in [1.82, 2.24) is 0 Å². The molecule has 0 bridgehead atoms. The van der Waals surface area contributed by atoms with E-state index in [9.17, 15) is 34.0 Å². The second-order valence-electron chi connectivity index (χ2n) is 13.5. The van der Waals surface area contributed by atoms with Gasteiger partial charge in [0.2, 0.25) is 0 Å². The van der Waals surface area contributed by atoms with E-state index in [1.165, 1.54) is 19.1 Å². The van der Waals surface area contributed by atoms with Gasteiger partial charge in [-0.2, -0.15) is 0 Å². The number of allylic oxidation sites excluding steroid dienone is 1. The molecule has 0 spiro atoms. The molecular formula is C40H40N2O12S2. The monoisotopic (exact) mass is 804 g/mol. The molecule has 1 fully saturated rings. The number of nitriles is 1. The van der Waals surface area contributed by atoms with Crippen LogP contribution in [0, 0.1) is 35.2 Å². The van der Waals surface area contributed by atoms with Crippen molar-refractivity contribution in [2.24, 2.45) is 17.3 Å². The summed E-state index contributed by atoms with van der Waals surface area (Å²) in [7, 11) is 0. The summed E-state index contributed by atoms with van der Waals surface area (Å²) in [5.74, 6) is -3.18. The van der Waals surface area contributed by atoms with Gasteiger partial charge in [0.1, 0.15) is 17.2 Å². The Hall–Kier alpha value is -5.58. The van der Waals surface area contributed by atoms with E-state index in [2.05, 4.69) is 11.4 Å². The smallest absolute Gasteiger partial charge is 0.330 e. The van der Waals surface area contributed by atoms with E-state index in [1.54, 1.807) is 38.1 Å². The third-order valence-electron chi connectivity index (χ3n) is 8.42. The Morgan fingerprint density at radius 1 is 0.839 bits per heavy atom. The first-order valence-electron chi connectivity index (χ1n) is 17.6. The summed E-state index contributed by atoms with van der Waals surface area (Å²) in [6.45, 7) is 15.5. The first-order chi connectivity index (χ1) is 26.7. The Morgan fingerprint density at radius 2 is 1.38 bits per heavy atom. The van der Waals surface area contributed by atoms with Crippen molar-refractivity contribution in [2.45, 2.75) is 75.5 Å². The van der Waals surface area contributed by atoms with Crippen LogP contribution >= 0.6 is 23.5 Å². The van der Waals surface area contributed by atoms with Crippen molar-refractivity contribution in [2.75, 3.05) is 19.8 Å². The molecule has 0 N–H and O–H groups in total. The van der Waals surface area contributed by atoms with Crippen LogP contribution < -0.4 is 14.2 Å². The van der Waals surface area contributed by atoms with Crippen LogP contribution in [0.3, 0.4) is 0 Å². The molecule has 2 aromatic rings. The highest BCUT2D eigenvalue weighted by molar-refractivity contribution is 8.24. The van der Waals surface area contributed by atoms with Gasteiger partial charge in [0.25, 0.3) is 5.70 Å². The molecule has 56 heavy (non-hydrogen) atoms. The third kappa shape index (κ3) is 12.7. The molecule has 2 aliphatic rings. The van der Waals surface area contributed by atoms with Crippen LogP contribution in [0.4, 0.5) is 0 Å². The SMILES string of the molecule is [C-]#[N+]/C(C#N)=C1/Sc2c(OC(C)=O)ccc(OC(=O)C3CCC(C(=O)Oc4ccc(CCOC(=O)CCC(=O)OCC(C)(C)COC(=O)C=C)cc4)CC3)c2S1. The van der Waals surface area contributed by atoms with Gasteiger partial charge in [0, 0.05) is 24.8 Å². The zero-order valence-electron chi connectivity index (χ0n) is 31.1. The Morgan fingerprint density at radius 3 is 1.91 bits per heavy atom. The van der Waals surface area contributed by atoms with Crippen molar-refractivity contribution < 1.29 is 57.2 Å². The minimum atomic E-state index is -0.608. The van der Waals surface area contributed by atoms with E-state index in [4.69, 9.17) is 35.0 Å². The molecule has 0 saturated heterocycles. The molecule has 0 amide bonds. The van der Waals surface area contributed by atoms with Crippen LogP contribution in [0.25, 0.3) is 4.85 Å². The van der Waals surface area contributed by atoms with Gasteiger partial charge in [-0.05, 0) is 55.5 Å². The van der Waals surface area contributed by atoms with Gasteiger partial charge in [-0.3, -0.25) is 24.0 Å². The summed E-state index contributed by atoms with van der Waals surface area (Å²) < 4.78 is 32.5. The van der Waals surface area contributed by atoms with Crippen molar-refractivity contribution in [3.05, 3.63) is 76.0 Å². The molecule has 1 saturated carbocycles. The van der Waals surface area contributed by atoms with Gasteiger partial charge in [0.15, 0.2) is 0 Å². The summed E-state index contributed by atoms with van der Waals surface area (Å²) in [6.07, 6.45) is 2.79. The average Bonchev–Trinajstić information content (AvgIpc) is 3.63. The normalized spacial score (nSPS) is 16.8. The number of thioether (sulfide) groups is 2. The minimum absolute atomic E-state index is 0.00675. The summed E-state index contributed by atoms with van der Waals surface area (Å²) in [5.41, 5.74) is 0.105. The maximum absolute atomic E-state index is 13.2. The maximum atomic E-state index is 13.2. The lowest BCUT2D eigenvalue weighted by Gasteiger charge is -2.26. The van der Waals surface area contributed by atoms with Gasteiger partial charge in [-0.25, -0.2) is 14.9 Å². The number of fused-ring (bicyclic) bond motifs is 1. The predicted octanol–water partition coefficient (Wildman–Crippen LogP) is 6.90. The van der Waals surface area contributed by atoms with Crippen LogP contribution in [0.5, 0.6) is 17.2 Å². The number of hydrogen-bond donors (Lipinski definition) is 0. The largest absolute Gasteiger partial charge is 0.465 e. The predicted molar refractivity (Wildman–Crippen MR) is 202 cm³/mol. The molecule has 16 heteroatoms. The van der Waals surface area contributed by atoms with E-state index >= 15 is 0 Å². The Labute approximate surface area is 332 Å². The van der Waals surface area contributed by atoms with Crippen LogP contribution in [0.2, 0.25) is 0 Å². The number of esters is 6. The van der Waals surface area contributed by atoms with E-state index in [1.807, 2.05) is 6.07 Å². The lowest BCUT2D eigenvalue weighted by molar-refractivity contribution is -0.154. The fourth-order valence-electron chi connectivity index (χ4n) is 5.41. The lowest BCUT2D eigenvalue weighted by Crippen LogP contribution is -2.30. The molecule has 1 heterocycles. The topological polar surface area (TPSA) is 186 Å². The highest BCUT2D eigenvalue weighted by Crippen LogP contribution is 2.59. The maximum Gasteiger partial charge on any atom is 0.330 e. The molecular weight excluding hydrogens is 765 g/mol. The summed E-state index contributed by atoms with van der Waals surface area (Å²) in [5, 5.41) is 9.35. The lowest BCUT2D eigenvalue weighted by atomic mass is 9.82. The Kier molecular flexibility index (Phi) is 15.7. The van der Waals surface area contributed by atoms with E-state index in [-0.39, 0.29) is 49.9 Å². The second kappa shape index (κ2) is 20.4. The minimum Gasteiger partial charge on any atom is -0.465 e. The highest BCUT2D eigenvalue weighted by atomic mass is 32.2. The van der Waals surface area contributed by atoms with Gasteiger partial charge >= 0.3 is 35.8 Å². The number of ether oxygens (including phenoxy) is 6. The number of carbonyl (C=O) groups is 6. The Bertz CT molecular complexity index is 1950. The molecule has 1 aliphatic heterocycles. The second-order valence-corrected chi connectivity index (χ2v) is 15.8. The van der Waals surface area contributed by atoms with E-state index < -0.39 is 53.1 Å². The van der Waals surface area contributed by atoms with E-state index in [0.717, 1.165) is 35.2 Å². The van der Waals surface area contributed by atoms with E-state index in [0.29, 0.717) is 51.9 Å². The number of hydrogen-bond acceptors (Lipinski definition) is 15. The zero-order chi connectivity index (χ0) is 40.8. The molecule has 2 aromatic carbocycles. The summed E-state index contributed by atoms with van der Waals surface area (Å²) in [4.78, 5) is 77.5. The summed E-state index contributed by atoms with van der Waals surface area (Å²) in [6, 6.07) is 11.7. The van der Waals surface area contributed by atoms with Crippen LogP contribution in [0.15, 0.2) is 68.8 Å². The number of carbonyl (C=O) groups excluding carboxylic acids is 6. The number of nitrogens with zero attached hydrogens (tertiary/aromatic N) is 2. The first kappa shape index (κ1) is 43.2. The molecule has 4 rings (SSSR count). The number of rotatable bonds is 16. The molecule has 1 aliphatic carbocycles. The quantitative estimate of drug-likeness (QED) is 0.0425. The van der Waals surface area contributed by atoms with Crippen LogP contribution in [0.1, 0.15) is 64.9 Å². The molecule has 14 nitrogen and oxygen atoms in total. The zero-order valence-corrected chi connectivity index (χ0v) is 32.7. The highest BCUT2D eigenvalue weighted by Gasteiger charge is 2.34. The van der Waals surface area contributed by atoms with Gasteiger partial charge < -0.3 is 28.4 Å². The molecule has 0 aromatic heterocycles. The Balaban J connectivity index is 1.17. The third-order valence-corrected chi connectivity index (χ3v) is 11.0. The molecule has 0 unspecified atom stereocenters. The average molecular weight is 805 g/mol. The molecule has 0 radical (unpaired) electrons. The van der Waals surface area contributed by atoms with Crippen molar-refractivity contribution in [3.8, 4) is 23.3 Å². The van der Waals surface area contributed by atoms with Crippen LogP contribution in [-0.4, -0.2) is 55.6 Å². The fraction of sp³-hybridized carbons (Fsp3) is 0.400. The number of benzene rings is 2. The molecule has 0 atom stereocenters. The van der Waals surface area contributed by atoms with Crippen molar-refractivity contribution in [3.63, 3.8) is 0 Å². The van der Waals surface area contributed by atoms with Gasteiger partial charge in [0.05, 0.1) is 71.2 Å².